The van der Waals surface area contributed by atoms with Crippen LogP contribution in [0.5, 0.6) is 11.5 Å². The van der Waals surface area contributed by atoms with Crippen LogP contribution in [0.15, 0.2) is 83.4 Å². The molecule has 0 aliphatic heterocycles. The summed E-state index contributed by atoms with van der Waals surface area (Å²) >= 11 is 0. The molecule has 0 radical (unpaired) electrons. The Hall–Kier alpha value is -4.06. The van der Waals surface area contributed by atoms with Crippen molar-refractivity contribution in [1.82, 2.24) is 5.16 Å². The summed E-state index contributed by atoms with van der Waals surface area (Å²) in [4.78, 5) is 12.8. The minimum Gasteiger partial charge on any atom is -0.497 e. The molecule has 0 atom stereocenters. The first-order valence-electron chi connectivity index (χ1n) is 9.83. The molecule has 31 heavy (non-hydrogen) atoms. The van der Waals surface area contributed by atoms with Crippen LogP contribution in [0.1, 0.15) is 21.8 Å². The number of hydrogen-bond acceptors (Lipinski definition) is 5. The largest absolute Gasteiger partial charge is 0.497 e. The lowest BCUT2D eigenvalue weighted by atomic mass is 10.1. The Bertz CT molecular complexity index is 1150. The van der Waals surface area contributed by atoms with Gasteiger partial charge in [0.25, 0.3) is 5.91 Å². The summed E-state index contributed by atoms with van der Waals surface area (Å²) in [7, 11) is 1.61. The minimum absolute atomic E-state index is 0.164. The molecule has 0 saturated heterocycles. The fourth-order valence-corrected chi connectivity index (χ4v) is 3.13. The van der Waals surface area contributed by atoms with Crippen molar-refractivity contribution in [1.29, 1.82) is 0 Å². The molecule has 1 aromatic heterocycles. The molecule has 6 nitrogen and oxygen atoms in total. The van der Waals surface area contributed by atoms with Crippen LogP contribution in [-0.4, -0.2) is 18.2 Å². The van der Waals surface area contributed by atoms with E-state index in [0.717, 1.165) is 16.9 Å². The first kappa shape index (κ1) is 20.2. The Morgan fingerprint density at radius 2 is 1.55 bits per heavy atom. The van der Waals surface area contributed by atoms with Crippen LogP contribution < -0.4 is 14.8 Å². The smallest absolute Gasteiger partial charge is 0.278 e. The van der Waals surface area contributed by atoms with Gasteiger partial charge in [-0.15, -0.1) is 0 Å². The van der Waals surface area contributed by atoms with Crippen molar-refractivity contribution in [3.8, 4) is 22.6 Å². The van der Waals surface area contributed by atoms with Gasteiger partial charge >= 0.3 is 0 Å². The Kier molecular flexibility index (Phi) is 5.98. The number of anilines is 1. The maximum Gasteiger partial charge on any atom is 0.278 e. The predicted molar refractivity (Wildman–Crippen MR) is 118 cm³/mol. The molecule has 0 aliphatic carbocycles. The first-order chi connectivity index (χ1) is 15.1. The van der Waals surface area contributed by atoms with Gasteiger partial charge in [0.2, 0.25) is 0 Å². The number of hydrogen-bond donors (Lipinski definition) is 1. The number of carbonyl (C=O) groups excluding carboxylic acids is 1. The van der Waals surface area contributed by atoms with Crippen LogP contribution in [0.3, 0.4) is 0 Å². The SMILES string of the molecule is COc1ccc(OCc2c(C(=O)Nc3ccc(-c4ccccc4)cc3)noc2C)cc1. The maximum absolute atomic E-state index is 12.8. The number of carbonyl (C=O) groups is 1. The summed E-state index contributed by atoms with van der Waals surface area (Å²) in [5.41, 5.74) is 3.68. The van der Waals surface area contributed by atoms with E-state index in [9.17, 15) is 4.79 Å². The normalized spacial score (nSPS) is 10.5. The predicted octanol–water partition coefficient (Wildman–Crippen LogP) is 5.49. The lowest BCUT2D eigenvalue weighted by Gasteiger charge is -2.09. The summed E-state index contributed by atoms with van der Waals surface area (Å²) in [6, 6.07) is 24.9. The number of aryl methyl sites for hydroxylation is 1. The van der Waals surface area contributed by atoms with Crippen molar-refractivity contribution >= 4 is 11.6 Å². The second kappa shape index (κ2) is 9.17. The zero-order chi connectivity index (χ0) is 21.6. The Labute approximate surface area is 180 Å². The van der Waals surface area contributed by atoms with Crippen molar-refractivity contribution < 1.29 is 18.8 Å². The Morgan fingerprint density at radius 1 is 0.903 bits per heavy atom. The highest BCUT2D eigenvalue weighted by Gasteiger charge is 2.20. The van der Waals surface area contributed by atoms with Gasteiger partial charge in [0, 0.05) is 5.69 Å². The number of nitrogens with zero attached hydrogens (tertiary/aromatic N) is 1. The lowest BCUT2D eigenvalue weighted by Crippen LogP contribution is -2.15. The molecular formula is C25H22N2O4. The monoisotopic (exact) mass is 414 g/mol. The Morgan fingerprint density at radius 3 is 2.23 bits per heavy atom. The quantitative estimate of drug-likeness (QED) is 0.433. The molecule has 0 spiro atoms. The average Bonchev–Trinajstić information content (AvgIpc) is 3.19. The van der Waals surface area contributed by atoms with Gasteiger partial charge in [0.05, 0.1) is 12.7 Å². The molecule has 1 amide bonds. The number of amides is 1. The molecule has 4 aromatic rings. The van der Waals surface area contributed by atoms with E-state index in [0.29, 0.717) is 22.8 Å². The number of benzene rings is 3. The first-order valence-corrected chi connectivity index (χ1v) is 9.83. The summed E-state index contributed by atoms with van der Waals surface area (Å²) in [6.07, 6.45) is 0. The van der Waals surface area contributed by atoms with Crippen molar-refractivity contribution in [2.45, 2.75) is 13.5 Å². The highest BCUT2D eigenvalue weighted by Crippen LogP contribution is 2.23. The van der Waals surface area contributed by atoms with Gasteiger partial charge in [-0.1, -0.05) is 47.6 Å². The van der Waals surface area contributed by atoms with Gasteiger partial charge in [0.15, 0.2) is 5.69 Å². The topological polar surface area (TPSA) is 73.6 Å². The second-order valence-electron chi connectivity index (χ2n) is 6.93. The number of nitrogens with one attached hydrogen (secondary N) is 1. The van der Waals surface area contributed by atoms with E-state index in [1.165, 1.54) is 0 Å². The van der Waals surface area contributed by atoms with E-state index < -0.39 is 0 Å². The van der Waals surface area contributed by atoms with E-state index in [4.69, 9.17) is 14.0 Å². The van der Waals surface area contributed by atoms with E-state index in [-0.39, 0.29) is 18.2 Å². The molecule has 0 fully saturated rings. The third-order valence-corrected chi connectivity index (χ3v) is 4.89. The van der Waals surface area contributed by atoms with Crippen LogP contribution in [0.4, 0.5) is 5.69 Å². The van der Waals surface area contributed by atoms with E-state index in [1.807, 2.05) is 66.7 Å². The van der Waals surface area contributed by atoms with Crippen LogP contribution >= 0.6 is 0 Å². The minimum atomic E-state index is -0.349. The summed E-state index contributed by atoms with van der Waals surface area (Å²) < 4.78 is 16.2. The van der Waals surface area contributed by atoms with Gasteiger partial charge in [-0.05, 0) is 54.4 Å². The van der Waals surface area contributed by atoms with Crippen LogP contribution in [0.25, 0.3) is 11.1 Å². The van der Waals surface area contributed by atoms with Crippen LogP contribution in [0, 0.1) is 6.92 Å². The van der Waals surface area contributed by atoms with Crippen LogP contribution in [-0.2, 0) is 6.61 Å². The Balaban J connectivity index is 1.44. The highest BCUT2D eigenvalue weighted by molar-refractivity contribution is 6.04. The number of methoxy groups -OCH3 is 1. The third kappa shape index (κ3) is 4.75. The zero-order valence-corrected chi connectivity index (χ0v) is 17.3. The van der Waals surface area contributed by atoms with Gasteiger partial charge in [-0.3, -0.25) is 4.79 Å². The fourth-order valence-electron chi connectivity index (χ4n) is 3.13. The van der Waals surface area contributed by atoms with Gasteiger partial charge in [-0.2, -0.15) is 0 Å². The molecule has 3 aromatic carbocycles. The molecule has 0 bridgehead atoms. The van der Waals surface area contributed by atoms with Gasteiger partial charge < -0.3 is 19.3 Å². The standard InChI is InChI=1S/C25H22N2O4/c1-17-23(16-30-22-14-12-21(29-2)13-15-22)24(27-31-17)25(28)26-20-10-8-19(9-11-20)18-6-4-3-5-7-18/h3-15H,16H2,1-2H3,(H,26,28). The lowest BCUT2D eigenvalue weighted by molar-refractivity contribution is 0.101. The van der Waals surface area contributed by atoms with Gasteiger partial charge in [-0.25, -0.2) is 0 Å². The number of aromatic nitrogens is 1. The average molecular weight is 414 g/mol. The van der Waals surface area contributed by atoms with E-state index in [2.05, 4.69) is 10.5 Å². The van der Waals surface area contributed by atoms with Crippen molar-refractivity contribution in [3.63, 3.8) is 0 Å². The summed E-state index contributed by atoms with van der Waals surface area (Å²) in [5.74, 6) is 1.59. The molecule has 1 N–H and O–H groups in total. The molecule has 0 unspecified atom stereocenters. The van der Waals surface area contributed by atoms with E-state index in [1.54, 1.807) is 26.2 Å². The highest BCUT2D eigenvalue weighted by atomic mass is 16.5. The fraction of sp³-hybridized carbons (Fsp3) is 0.120. The maximum atomic E-state index is 12.8. The van der Waals surface area contributed by atoms with Crippen molar-refractivity contribution in [2.75, 3.05) is 12.4 Å². The number of ether oxygens (including phenoxy) is 2. The summed E-state index contributed by atoms with van der Waals surface area (Å²) in [5, 5.41) is 6.80. The molecule has 0 saturated carbocycles. The van der Waals surface area contributed by atoms with Crippen molar-refractivity contribution in [3.05, 3.63) is 95.9 Å². The van der Waals surface area contributed by atoms with Crippen LogP contribution in [0.2, 0.25) is 0 Å². The second-order valence-corrected chi connectivity index (χ2v) is 6.93. The molecule has 4 rings (SSSR count). The molecule has 1 heterocycles. The summed E-state index contributed by atoms with van der Waals surface area (Å²) in [6.45, 7) is 1.92. The van der Waals surface area contributed by atoms with E-state index >= 15 is 0 Å². The molecule has 0 aliphatic rings. The number of rotatable bonds is 7. The molecule has 156 valence electrons. The molecular weight excluding hydrogens is 392 g/mol. The van der Waals surface area contributed by atoms with Crippen molar-refractivity contribution in [2.24, 2.45) is 0 Å². The zero-order valence-electron chi connectivity index (χ0n) is 17.3. The molecule has 6 heteroatoms. The third-order valence-electron chi connectivity index (χ3n) is 4.89. The van der Waals surface area contributed by atoms with Gasteiger partial charge in [0.1, 0.15) is 23.9 Å².